The summed E-state index contributed by atoms with van der Waals surface area (Å²) < 4.78 is 0. The fraction of sp³-hybridized carbons (Fsp3) is 0.615. The Hall–Kier alpha value is -1.05. The van der Waals surface area contributed by atoms with Crippen molar-refractivity contribution in [2.45, 2.75) is 45.6 Å². The van der Waals surface area contributed by atoms with Crippen LogP contribution in [0.15, 0.2) is 12.3 Å². The van der Waals surface area contributed by atoms with Crippen LogP contribution in [-0.4, -0.2) is 18.1 Å². The van der Waals surface area contributed by atoms with Gasteiger partial charge in [0, 0.05) is 19.3 Å². The van der Waals surface area contributed by atoms with Gasteiger partial charge in [0.2, 0.25) is 0 Å². The van der Waals surface area contributed by atoms with Gasteiger partial charge in [-0.05, 0) is 36.8 Å². The van der Waals surface area contributed by atoms with Gasteiger partial charge in [0.15, 0.2) is 0 Å². The van der Waals surface area contributed by atoms with Crippen LogP contribution in [-0.2, 0) is 12.8 Å². The third-order valence-electron chi connectivity index (χ3n) is 3.51. The van der Waals surface area contributed by atoms with Crippen molar-refractivity contribution in [3.05, 3.63) is 23.4 Å². The van der Waals surface area contributed by atoms with Crippen molar-refractivity contribution in [2.75, 3.05) is 11.9 Å². The van der Waals surface area contributed by atoms with Gasteiger partial charge in [-0.25, -0.2) is 4.98 Å². The quantitative estimate of drug-likeness (QED) is 0.736. The molecule has 1 unspecified atom stereocenters. The van der Waals surface area contributed by atoms with Crippen molar-refractivity contribution >= 4 is 5.82 Å². The average molecular weight is 204 g/mol. The van der Waals surface area contributed by atoms with E-state index < -0.39 is 0 Å². The standard InChI is InChI=1S/C13H20N2/c1-4-10-8-11-6-7-12(5-2)15(3)13(11)14-9-10/h8-9,12H,4-7H2,1-3H3. The van der Waals surface area contributed by atoms with Crippen LogP contribution in [0.3, 0.4) is 0 Å². The summed E-state index contributed by atoms with van der Waals surface area (Å²) in [5.74, 6) is 1.20. The zero-order chi connectivity index (χ0) is 10.8. The molecule has 0 fully saturated rings. The Morgan fingerprint density at radius 3 is 2.93 bits per heavy atom. The van der Waals surface area contributed by atoms with Crippen molar-refractivity contribution in [1.82, 2.24) is 4.98 Å². The third-order valence-corrected chi connectivity index (χ3v) is 3.51. The summed E-state index contributed by atoms with van der Waals surface area (Å²) in [6.45, 7) is 4.44. The fourth-order valence-electron chi connectivity index (χ4n) is 2.41. The second kappa shape index (κ2) is 4.21. The van der Waals surface area contributed by atoms with Crippen molar-refractivity contribution in [3.8, 4) is 0 Å². The zero-order valence-corrected chi connectivity index (χ0v) is 9.95. The average Bonchev–Trinajstić information content (AvgIpc) is 2.29. The van der Waals surface area contributed by atoms with Crippen LogP contribution in [0.25, 0.3) is 0 Å². The summed E-state index contributed by atoms with van der Waals surface area (Å²) >= 11 is 0. The lowest BCUT2D eigenvalue weighted by Crippen LogP contribution is -2.36. The first-order valence-corrected chi connectivity index (χ1v) is 5.96. The van der Waals surface area contributed by atoms with E-state index in [4.69, 9.17) is 0 Å². The van der Waals surface area contributed by atoms with Crippen LogP contribution < -0.4 is 4.90 Å². The summed E-state index contributed by atoms with van der Waals surface area (Å²) in [7, 11) is 2.17. The molecule has 0 bridgehead atoms. The zero-order valence-electron chi connectivity index (χ0n) is 9.95. The molecule has 0 saturated carbocycles. The van der Waals surface area contributed by atoms with Crippen molar-refractivity contribution < 1.29 is 0 Å². The molecule has 0 aliphatic carbocycles. The normalized spacial score (nSPS) is 20.2. The minimum Gasteiger partial charge on any atom is -0.356 e. The molecule has 0 radical (unpaired) electrons. The monoisotopic (exact) mass is 204 g/mol. The summed E-state index contributed by atoms with van der Waals surface area (Å²) in [4.78, 5) is 6.94. The molecule has 0 N–H and O–H groups in total. The minimum absolute atomic E-state index is 0.678. The molecule has 1 aliphatic heterocycles. The van der Waals surface area contributed by atoms with Gasteiger partial charge in [0.25, 0.3) is 0 Å². The molecule has 1 aliphatic rings. The molecule has 0 aromatic carbocycles. The minimum atomic E-state index is 0.678. The molecule has 2 rings (SSSR count). The molecule has 15 heavy (non-hydrogen) atoms. The number of hydrogen-bond acceptors (Lipinski definition) is 2. The van der Waals surface area contributed by atoms with E-state index in [-0.39, 0.29) is 0 Å². The van der Waals surface area contributed by atoms with E-state index in [1.807, 2.05) is 6.20 Å². The molecule has 2 nitrogen and oxygen atoms in total. The number of aromatic nitrogens is 1. The van der Waals surface area contributed by atoms with Crippen LogP contribution in [0.1, 0.15) is 37.8 Å². The summed E-state index contributed by atoms with van der Waals surface area (Å²) in [6, 6.07) is 3.00. The van der Waals surface area contributed by atoms with Crippen molar-refractivity contribution in [3.63, 3.8) is 0 Å². The Balaban J connectivity index is 2.33. The maximum atomic E-state index is 4.60. The highest BCUT2D eigenvalue weighted by atomic mass is 15.2. The van der Waals surface area contributed by atoms with Gasteiger partial charge in [0.1, 0.15) is 5.82 Å². The first kappa shape index (κ1) is 10.5. The van der Waals surface area contributed by atoms with Gasteiger partial charge in [-0.1, -0.05) is 19.9 Å². The van der Waals surface area contributed by atoms with Gasteiger partial charge in [0.05, 0.1) is 0 Å². The second-order valence-electron chi connectivity index (χ2n) is 4.39. The van der Waals surface area contributed by atoms with Gasteiger partial charge >= 0.3 is 0 Å². The maximum absolute atomic E-state index is 4.60. The van der Waals surface area contributed by atoms with E-state index in [9.17, 15) is 0 Å². The molecule has 2 heteroatoms. The Bertz CT molecular complexity index is 346. The molecule has 0 saturated heterocycles. The Morgan fingerprint density at radius 1 is 1.47 bits per heavy atom. The largest absolute Gasteiger partial charge is 0.356 e. The molecule has 2 heterocycles. The van der Waals surface area contributed by atoms with Crippen LogP contribution >= 0.6 is 0 Å². The molecular formula is C13H20N2. The maximum Gasteiger partial charge on any atom is 0.131 e. The summed E-state index contributed by atoms with van der Waals surface area (Å²) in [6.07, 6.45) is 6.79. The smallest absolute Gasteiger partial charge is 0.131 e. The van der Waals surface area contributed by atoms with Crippen LogP contribution in [0.2, 0.25) is 0 Å². The highest BCUT2D eigenvalue weighted by Crippen LogP contribution is 2.29. The Morgan fingerprint density at radius 2 is 2.27 bits per heavy atom. The lowest BCUT2D eigenvalue weighted by Gasteiger charge is -2.34. The van der Waals surface area contributed by atoms with E-state index in [0.717, 1.165) is 6.42 Å². The number of pyridine rings is 1. The Kier molecular flexibility index (Phi) is 2.94. The van der Waals surface area contributed by atoms with E-state index in [1.165, 1.54) is 36.2 Å². The van der Waals surface area contributed by atoms with Gasteiger partial charge < -0.3 is 4.90 Å². The highest BCUT2D eigenvalue weighted by Gasteiger charge is 2.22. The lowest BCUT2D eigenvalue weighted by molar-refractivity contribution is 0.535. The first-order valence-electron chi connectivity index (χ1n) is 5.96. The predicted molar refractivity (Wildman–Crippen MR) is 64.4 cm³/mol. The molecule has 0 amide bonds. The van der Waals surface area contributed by atoms with Crippen LogP contribution in [0.4, 0.5) is 5.82 Å². The van der Waals surface area contributed by atoms with E-state index in [2.05, 4.69) is 36.8 Å². The lowest BCUT2D eigenvalue weighted by atomic mass is 9.96. The number of hydrogen-bond donors (Lipinski definition) is 0. The number of aryl methyl sites for hydroxylation is 2. The molecule has 1 aromatic rings. The van der Waals surface area contributed by atoms with E-state index in [0.29, 0.717) is 6.04 Å². The van der Waals surface area contributed by atoms with Crippen molar-refractivity contribution in [2.24, 2.45) is 0 Å². The topological polar surface area (TPSA) is 16.1 Å². The van der Waals surface area contributed by atoms with Crippen LogP contribution in [0, 0.1) is 0 Å². The van der Waals surface area contributed by atoms with E-state index >= 15 is 0 Å². The molecule has 82 valence electrons. The van der Waals surface area contributed by atoms with E-state index in [1.54, 1.807) is 0 Å². The number of rotatable bonds is 2. The number of fused-ring (bicyclic) bond motifs is 1. The van der Waals surface area contributed by atoms with Crippen LogP contribution in [0.5, 0.6) is 0 Å². The molecule has 1 aromatic heterocycles. The molecule has 0 spiro atoms. The third kappa shape index (κ3) is 1.85. The molecule has 1 atom stereocenters. The predicted octanol–water partition coefficient (Wildman–Crippen LogP) is 2.81. The highest BCUT2D eigenvalue weighted by molar-refractivity contribution is 5.50. The van der Waals surface area contributed by atoms with Gasteiger partial charge in [-0.2, -0.15) is 0 Å². The van der Waals surface area contributed by atoms with Crippen molar-refractivity contribution in [1.29, 1.82) is 0 Å². The van der Waals surface area contributed by atoms with Gasteiger partial charge in [-0.15, -0.1) is 0 Å². The second-order valence-corrected chi connectivity index (χ2v) is 4.39. The first-order chi connectivity index (χ1) is 7.26. The molecular weight excluding hydrogens is 184 g/mol. The fourth-order valence-corrected chi connectivity index (χ4v) is 2.41. The number of nitrogens with zero attached hydrogens (tertiary/aromatic N) is 2. The Labute approximate surface area is 92.3 Å². The summed E-state index contributed by atoms with van der Waals surface area (Å²) in [5, 5.41) is 0. The SMILES string of the molecule is CCc1cnc2c(c1)CCC(CC)N2C. The number of anilines is 1. The van der Waals surface area contributed by atoms with Gasteiger partial charge in [-0.3, -0.25) is 0 Å². The summed E-state index contributed by atoms with van der Waals surface area (Å²) in [5.41, 5.74) is 2.79.